The van der Waals surface area contributed by atoms with E-state index in [1.54, 1.807) is 0 Å². The van der Waals surface area contributed by atoms with Crippen LogP contribution < -0.4 is 10.1 Å². The molecule has 1 heterocycles. The first kappa shape index (κ1) is 14.4. The minimum Gasteiger partial charge on any atom is -0.487 e. The van der Waals surface area contributed by atoms with Crippen LogP contribution in [0.1, 0.15) is 51.7 Å². The number of aryl methyl sites for hydroxylation is 1. The monoisotopic (exact) mass is 261 g/mol. The Kier molecular flexibility index (Phi) is 4.51. The molecule has 0 radical (unpaired) electrons. The van der Waals surface area contributed by atoms with Gasteiger partial charge in [0.1, 0.15) is 11.4 Å². The van der Waals surface area contributed by atoms with E-state index in [9.17, 15) is 0 Å². The van der Waals surface area contributed by atoms with E-state index in [0.29, 0.717) is 6.04 Å². The summed E-state index contributed by atoms with van der Waals surface area (Å²) >= 11 is 0. The number of para-hydroxylation sites is 1. The molecule has 106 valence electrons. The molecule has 0 aromatic heterocycles. The lowest BCUT2D eigenvalue weighted by Crippen LogP contribution is -2.25. The van der Waals surface area contributed by atoms with Crippen molar-refractivity contribution in [2.24, 2.45) is 0 Å². The highest BCUT2D eigenvalue weighted by Crippen LogP contribution is 2.37. The molecular formula is C17H27NO. The third-order valence-corrected chi connectivity index (χ3v) is 3.60. The van der Waals surface area contributed by atoms with Crippen LogP contribution in [0.3, 0.4) is 0 Å². The van der Waals surface area contributed by atoms with Crippen molar-refractivity contribution in [3.63, 3.8) is 0 Å². The first-order chi connectivity index (χ1) is 8.98. The van der Waals surface area contributed by atoms with Crippen LogP contribution in [0.4, 0.5) is 0 Å². The Morgan fingerprint density at radius 3 is 2.79 bits per heavy atom. The zero-order valence-corrected chi connectivity index (χ0v) is 12.8. The maximum atomic E-state index is 6.11. The highest BCUT2D eigenvalue weighted by molar-refractivity contribution is 5.45. The minimum absolute atomic E-state index is 0.0301. The highest BCUT2D eigenvalue weighted by atomic mass is 16.5. The van der Waals surface area contributed by atoms with E-state index in [-0.39, 0.29) is 5.60 Å². The number of ether oxygens (including phenoxy) is 1. The van der Waals surface area contributed by atoms with Crippen molar-refractivity contribution in [1.29, 1.82) is 0 Å². The van der Waals surface area contributed by atoms with Crippen LogP contribution in [0.15, 0.2) is 18.2 Å². The van der Waals surface area contributed by atoms with E-state index in [1.165, 1.54) is 24.0 Å². The van der Waals surface area contributed by atoms with Gasteiger partial charge in [0.05, 0.1) is 0 Å². The van der Waals surface area contributed by atoms with Crippen molar-refractivity contribution >= 4 is 0 Å². The molecule has 1 aliphatic rings. The molecule has 2 heteroatoms. The first-order valence-corrected chi connectivity index (χ1v) is 7.51. The SMILES string of the molecule is CC(C)NCCCCc1cccc2c1OC(C)(C)C2. The van der Waals surface area contributed by atoms with Gasteiger partial charge in [-0.25, -0.2) is 0 Å². The fraction of sp³-hybridized carbons (Fsp3) is 0.647. The smallest absolute Gasteiger partial charge is 0.126 e. The van der Waals surface area contributed by atoms with Crippen LogP contribution in [0, 0.1) is 0 Å². The molecule has 1 N–H and O–H groups in total. The van der Waals surface area contributed by atoms with Gasteiger partial charge < -0.3 is 10.1 Å². The number of rotatable bonds is 6. The maximum absolute atomic E-state index is 6.11. The molecule has 1 aromatic rings. The Balaban J connectivity index is 1.87. The van der Waals surface area contributed by atoms with E-state index in [4.69, 9.17) is 4.74 Å². The van der Waals surface area contributed by atoms with Gasteiger partial charge in [-0.3, -0.25) is 0 Å². The fourth-order valence-corrected chi connectivity index (χ4v) is 2.71. The number of benzene rings is 1. The summed E-state index contributed by atoms with van der Waals surface area (Å²) in [5.41, 5.74) is 2.73. The van der Waals surface area contributed by atoms with E-state index in [2.05, 4.69) is 51.2 Å². The molecule has 19 heavy (non-hydrogen) atoms. The molecule has 2 rings (SSSR count). The second kappa shape index (κ2) is 5.96. The van der Waals surface area contributed by atoms with E-state index in [0.717, 1.165) is 25.1 Å². The van der Waals surface area contributed by atoms with Gasteiger partial charge in [0.2, 0.25) is 0 Å². The van der Waals surface area contributed by atoms with Crippen molar-refractivity contribution in [2.45, 2.75) is 65.0 Å². The van der Waals surface area contributed by atoms with Crippen molar-refractivity contribution in [1.82, 2.24) is 5.32 Å². The summed E-state index contributed by atoms with van der Waals surface area (Å²) in [6, 6.07) is 7.18. The first-order valence-electron chi connectivity index (χ1n) is 7.51. The molecule has 0 spiro atoms. The summed E-state index contributed by atoms with van der Waals surface area (Å²) in [5, 5.41) is 3.47. The zero-order chi connectivity index (χ0) is 13.9. The number of unbranched alkanes of at least 4 members (excludes halogenated alkanes) is 1. The average molecular weight is 261 g/mol. The number of hydrogen-bond acceptors (Lipinski definition) is 2. The van der Waals surface area contributed by atoms with Gasteiger partial charge in [-0.05, 0) is 50.8 Å². The van der Waals surface area contributed by atoms with Crippen LogP contribution in [0.5, 0.6) is 5.75 Å². The Morgan fingerprint density at radius 2 is 2.05 bits per heavy atom. The molecule has 1 aromatic carbocycles. The van der Waals surface area contributed by atoms with Crippen LogP contribution >= 0.6 is 0 Å². The molecule has 0 saturated carbocycles. The second-order valence-corrected chi connectivity index (χ2v) is 6.51. The van der Waals surface area contributed by atoms with Crippen LogP contribution in [0.2, 0.25) is 0 Å². The maximum Gasteiger partial charge on any atom is 0.126 e. The van der Waals surface area contributed by atoms with E-state index in [1.807, 2.05) is 0 Å². The molecule has 0 bridgehead atoms. The third-order valence-electron chi connectivity index (χ3n) is 3.60. The van der Waals surface area contributed by atoms with Gasteiger partial charge in [-0.15, -0.1) is 0 Å². The standard InChI is InChI=1S/C17H27NO/c1-13(2)18-11-6-5-8-14-9-7-10-15-12-17(3,4)19-16(14)15/h7,9-10,13,18H,5-6,8,11-12H2,1-4H3. The van der Waals surface area contributed by atoms with Crippen molar-refractivity contribution in [3.05, 3.63) is 29.3 Å². The van der Waals surface area contributed by atoms with Crippen molar-refractivity contribution in [3.8, 4) is 5.75 Å². The van der Waals surface area contributed by atoms with Gasteiger partial charge in [-0.1, -0.05) is 32.0 Å². The predicted octanol–water partition coefficient (Wildman–Crippen LogP) is 3.72. The van der Waals surface area contributed by atoms with Crippen molar-refractivity contribution in [2.75, 3.05) is 6.54 Å². The molecule has 0 amide bonds. The minimum atomic E-state index is -0.0301. The number of fused-ring (bicyclic) bond motifs is 1. The Hall–Kier alpha value is -1.02. The fourth-order valence-electron chi connectivity index (χ4n) is 2.71. The average Bonchev–Trinajstić information content (AvgIpc) is 2.63. The molecule has 2 nitrogen and oxygen atoms in total. The van der Waals surface area contributed by atoms with Crippen molar-refractivity contribution < 1.29 is 4.74 Å². The summed E-state index contributed by atoms with van der Waals surface area (Å²) < 4.78 is 6.11. The summed E-state index contributed by atoms with van der Waals surface area (Å²) in [4.78, 5) is 0. The molecular weight excluding hydrogens is 234 g/mol. The lowest BCUT2D eigenvalue weighted by molar-refractivity contribution is 0.137. The zero-order valence-electron chi connectivity index (χ0n) is 12.8. The predicted molar refractivity (Wildman–Crippen MR) is 80.9 cm³/mol. The summed E-state index contributed by atoms with van der Waals surface area (Å²) in [6.07, 6.45) is 4.61. The largest absolute Gasteiger partial charge is 0.487 e. The number of hydrogen-bond donors (Lipinski definition) is 1. The molecule has 0 fully saturated rings. The van der Waals surface area contributed by atoms with Gasteiger partial charge in [0.25, 0.3) is 0 Å². The van der Waals surface area contributed by atoms with Crippen LogP contribution in [-0.4, -0.2) is 18.2 Å². The molecule has 0 saturated heterocycles. The van der Waals surface area contributed by atoms with Gasteiger partial charge >= 0.3 is 0 Å². The molecule has 0 atom stereocenters. The van der Waals surface area contributed by atoms with Gasteiger partial charge in [-0.2, -0.15) is 0 Å². The van der Waals surface area contributed by atoms with Gasteiger partial charge in [0.15, 0.2) is 0 Å². The normalized spacial score (nSPS) is 16.5. The van der Waals surface area contributed by atoms with E-state index >= 15 is 0 Å². The topological polar surface area (TPSA) is 21.3 Å². The number of nitrogens with one attached hydrogen (secondary N) is 1. The van der Waals surface area contributed by atoms with Gasteiger partial charge in [0, 0.05) is 12.5 Å². The summed E-state index contributed by atoms with van der Waals surface area (Å²) in [7, 11) is 0. The summed E-state index contributed by atoms with van der Waals surface area (Å²) in [5.74, 6) is 1.16. The van der Waals surface area contributed by atoms with Crippen LogP contribution in [0.25, 0.3) is 0 Å². The lowest BCUT2D eigenvalue weighted by atomic mass is 9.99. The highest BCUT2D eigenvalue weighted by Gasteiger charge is 2.31. The molecule has 0 unspecified atom stereocenters. The Bertz CT molecular complexity index is 423. The van der Waals surface area contributed by atoms with Crippen LogP contribution in [-0.2, 0) is 12.8 Å². The molecule has 0 aliphatic carbocycles. The second-order valence-electron chi connectivity index (χ2n) is 6.51. The Labute approximate surface area is 117 Å². The molecule has 1 aliphatic heterocycles. The van der Waals surface area contributed by atoms with E-state index < -0.39 is 0 Å². The third kappa shape index (κ3) is 3.97. The quantitative estimate of drug-likeness (QED) is 0.788. The Morgan fingerprint density at radius 1 is 1.26 bits per heavy atom. The lowest BCUT2D eigenvalue weighted by Gasteiger charge is -2.18. The summed E-state index contributed by atoms with van der Waals surface area (Å²) in [6.45, 7) is 9.84.